The van der Waals surface area contributed by atoms with Gasteiger partial charge in [-0.25, -0.2) is 9.97 Å². The quantitative estimate of drug-likeness (QED) is 0.207. The van der Waals surface area contributed by atoms with Crippen molar-refractivity contribution in [3.05, 3.63) is 70.7 Å². The lowest BCUT2D eigenvalue weighted by Crippen LogP contribution is -2.45. The largest absolute Gasteiger partial charge is 0.494 e. The molecule has 0 saturated carbocycles. The molecule has 1 saturated heterocycles. The summed E-state index contributed by atoms with van der Waals surface area (Å²) in [4.78, 5) is 14.7. The van der Waals surface area contributed by atoms with Crippen molar-refractivity contribution < 1.29 is 14.2 Å². The van der Waals surface area contributed by atoms with Crippen molar-refractivity contribution in [1.82, 2.24) is 19.8 Å². The Labute approximate surface area is 239 Å². The van der Waals surface area contributed by atoms with E-state index in [9.17, 15) is 0 Å². The number of hydrogen-bond donors (Lipinski definition) is 0. The Balaban J connectivity index is 1.29. The van der Waals surface area contributed by atoms with E-state index in [0.717, 1.165) is 83.4 Å². The topological polar surface area (TPSA) is 60.0 Å². The number of nitrogens with zero attached hydrogens (tertiary/aromatic N) is 4. The lowest BCUT2D eigenvalue weighted by Gasteiger charge is -2.33. The number of benzene rings is 2. The Morgan fingerprint density at radius 3 is 1.82 bits per heavy atom. The van der Waals surface area contributed by atoms with Crippen LogP contribution in [0, 0.1) is 0 Å². The Morgan fingerprint density at radius 2 is 1.36 bits per heavy atom. The maximum Gasteiger partial charge on any atom is 0.123 e. The summed E-state index contributed by atoms with van der Waals surface area (Å²) in [7, 11) is 2.16. The van der Waals surface area contributed by atoms with E-state index in [1.54, 1.807) is 22.7 Å². The highest BCUT2D eigenvalue weighted by Crippen LogP contribution is 2.28. The second-order valence-corrected chi connectivity index (χ2v) is 11.3. The first-order valence-electron chi connectivity index (χ1n) is 13.5. The Hall–Kier alpha value is -2.82. The zero-order valence-corrected chi connectivity index (χ0v) is 24.5. The van der Waals surface area contributed by atoms with Gasteiger partial charge in [0.05, 0.1) is 37.3 Å². The predicted octanol–water partition coefficient (Wildman–Crippen LogP) is 6.06. The van der Waals surface area contributed by atoms with E-state index in [-0.39, 0.29) is 6.10 Å². The molecule has 0 radical (unpaired) electrons. The van der Waals surface area contributed by atoms with Crippen molar-refractivity contribution in [2.45, 2.75) is 33.0 Å². The van der Waals surface area contributed by atoms with Gasteiger partial charge in [-0.2, -0.15) is 0 Å². The van der Waals surface area contributed by atoms with E-state index in [2.05, 4.69) is 51.9 Å². The number of ether oxygens (including phenoxy) is 3. The van der Waals surface area contributed by atoms with Crippen LogP contribution in [0.4, 0.5) is 0 Å². The van der Waals surface area contributed by atoms with Crippen molar-refractivity contribution >= 4 is 22.7 Å². The summed E-state index contributed by atoms with van der Waals surface area (Å²) in [5.74, 6) is 1.77. The molecule has 1 fully saturated rings. The van der Waals surface area contributed by atoms with Crippen molar-refractivity contribution in [1.29, 1.82) is 0 Å². The summed E-state index contributed by atoms with van der Waals surface area (Å²) in [6.45, 7) is 10.3. The van der Waals surface area contributed by atoms with E-state index in [4.69, 9.17) is 24.2 Å². The molecule has 0 bridgehead atoms. The Kier molecular flexibility index (Phi) is 9.60. The number of hydrogen-bond acceptors (Lipinski definition) is 9. The molecule has 4 aromatic rings. The number of thiazole rings is 2. The molecule has 0 spiro atoms. The van der Waals surface area contributed by atoms with Gasteiger partial charge in [0.15, 0.2) is 0 Å². The number of likely N-dealkylation sites (N-methyl/N-ethyl adjacent to an activating group) is 1. The first-order chi connectivity index (χ1) is 19.1. The molecule has 206 valence electrons. The summed E-state index contributed by atoms with van der Waals surface area (Å²) < 4.78 is 17.3. The third-order valence-corrected chi connectivity index (χ3v) is 8.38. The molecular weight excluding hydrogens is 528 g/mol. The predicted molar refractivity (Wildman–Crippen MR) is 159 cm³/mol. The van der Waals surface area contributed by atoms with Crippen molar-refractivity contribution in [2.24, 2.45) is 0 Å². The monoisotopic (exact) mass is 564 g/mol. The van der Waals surface area contributed by atoms with Gasteiger partial charge >= 0.3 is 0 Å². The van der Waals surface area contributed by atoms with Crippen molar-refractivity contribution in [2.75, 3.05) is 46.5 Å². The zero-order chi connectivity index (χ0) is 27.0. The third kappa shape index (κ3) is 7.64. The van der Waals surface area contributed by atoms with E-state index in [1.807, 2.05) is 38.1 Å². The number of aromatic nitrogens is 2. The fourth-order valence-corrected chi connectivity index (χ4v) is 6.29. The van der Waals surface area contributed by atoms with Gasteiger partial charge in [-0.05, 0) is 69.4 Å². The summed E-state index contributed by atoms with van der Waals surface area (Å²) in [6.07, 6.45) is 0.164. The molecular formula is C30H36N4O3S2. The van der Waals surface area contributed by atoms with Gasteiger partial charge in [0.25, 0.3) is 0 Å². The lowest BCUT2D eigenvalue weighted by atomic mass is 10.2. The van der Waals surface area contributed by atoms with Crippen LogP contribution in [0.2, 0.25) is 0 Å². The molecule has 0 aliphatic carbocycles. The van der Waals surface area contributed by atoms with Crippen LogP contribution in [0.15, 0.2) is 59.3 Å². The highest BCUT2D eigenvalue weighted by Gasteiger charge is 2.22. The molecule has 3 heterocycles. The van der Waals surface area contributed by atoms with Crippen molar-refractivity contribution in [3.8, 4) is 32.6 Å². The van der Waals surface area contributed by atoms with Crippen LogP contribution in [-0.4, -0.2) is 72.4 Å². The van der Waals surface area contributed by atoms with E-state index < -0.39 is 0 Å². The van der Waals surface area contributed by atoms with Crippen molar-refractivity contribution in [3.63, 3.8) is 0 Å². The minimum Gasteiger partial charge on any atom is -0.494 e. The van der Waals surface area contributed by atoms with Crippen LogP contribution in [0.25, 0.3) is 21.1 Å². The Morgan fingerprint density at radius 1 is 0.846 bits per heavy atom. The summed E-state index contributed by atoms with van der Waals surface area (Å²) in [6, 6.07) is 16.3. The van der Waals surface area contributed by atoms with Crippen LogP contribution in [-0.2, 0) is 17.8 Å². The maximum atomic E-state index is 6.12. The lowest BCUT2D eigenvalue weighted by molar-refractivity contribution is -0.0381. The molecule has 0 amide bonds. The first kappa shape index (κ1) is 27.7. The third-order valence-electron chi connectivity index (χ3n) is 6.50. The smallest absolute Gasteiger partial charge is 0.123 e. The Bertz CT molecular complexity index is 1220. The average molecular weight is 565 g/mol. The molecule has 2 aromatic heterocycles. The van der Waals surface area contributed by atoms with Gasteiger partial charge in [-0.15, -0.1) is 22.7 Å². The van der Waals surface area contributed by atoms with Crippen LogP contribution in [0.5, 0.6) is 11.5 Å². The number of morpholine rings is 1. The fraction of sp³-hybridized carbons (Fsp3) is 0.400. The standard InChI is InChI=1S/C30H36N4O3S2/c1-4-35-26-10-6-22(7-11-26)29-31-24(20-38-29)16-34(19-28-18-33(3)14-15-37-28)17-25-21-39-30(32-25)23-8-12-27(13-9-23)36-5-2/h6-13,20-21,28H,4-5,14-19H2,1-3H3. The van der Waals surface area contributed by atoms with E-state index in [1.165, 1.54) is 0 Å². The minimum atomic E-state index is 0.164. The number of rotatable bonds is 12. The van der Waals surface area contributed by atoms with Gasteiger partial charge in [-0.1, -0.05) is 0 Å². The summed E-state index contributed by atoms with van der Waals surface area (Å²) in [5.41, 5.74) is 4.35. The van der Waals surface area contributed by atoms with Gasteiger partial charge < -0.3 is 19.1 Å². The molecule has 1 unspecified atom stereocenters. The van der Waals surface area contributed by atoms with Crippen LogP contribution in [0.3, 0.4) is 0 Å². The molecule has 1 aliphatic rings. The summed E-state index contributed by atoms with van der Waals surface area (Å²) >= 11 is 3.36. The molecule has 1 aliphatic heterocycles. The normalized spacial score (nSPS) is 16.1. The SMILES string of the molecule is CCOc1ccc(-c2nc(CN(Cc3csc(-c4ccc(OCC)cc4)n3)CC3CN(C)CCO3)cs2)cc1. The van der Waals surface area contributed by atoms with E-state index >= 15 is 0 Å². The molecule has 2 aromatic carbocycles. The first-order valence-corrected chi connectivity index (χ1v) is 15.2. The van der Waals surface area contributed by atoms with Crippen LogP contribution < -0.4 is 9.47 Å². The highest BCUT2D eigenvalue weighted by molar-refractivity contribution is 7.13. The molecule has 9 heteroatoms. The van der Waals surface area contributed by atoms with Crippen LogP contribution >= 0.6 is 22.7 Å². The summed E-state index contributed by atoms with van der Waals surface area (Å²) in [5, 5.41) is 6.37. The second kappa shape index (κ2) is 13.5. The van der Waals surface area contributed by atoms with Gasteiger partial charge in [0.2, 0.25) is 0 Å². The maximum absolute atomic E-state index is 6.12. The van der Waals surface area contributed by atoms with Gasteiger partial charge in [-0.3, -0.25) is 4.90 Å². The average Bonchev–Trinajstić information content (AvgIpc) is 3.60. The zero-order valence-electron chi connectivity index (χ0n) is 22.8. The molecule has 1 atom stereocenters. The molecule has 39 heavy (non-hydrogen) atoms. The van der Waals surface area contributed by atoms with Gasteiger partial charge in [0.1, 0.15) is 21.5 Å². The van der Waals surface area contributed by atoms with Gasteiger partial charge in [0, 0.05) is 54.6 Å². The van der Waals surface area contributed by atoms with E-state index in [0.29, 0.717) is 13.2 Å². The highest BCUT2D eigenvalue weighted by atomic mass is 32.1. The fourth-order valence-electron chi connectivity index (χ4n) is 4.65. The van der Waals surface area contributed by atoms with Crippen LogP contribution in [0.1, 0.15) is 25.2 Å². The molecule has 5 rings (SSSR count). The molecule has 0 N–H and O–H groups in total. The molecule has 7 nitrogen and oxygen atoms in total. The second-order valence-electron chi connectivity index (χ2n) is 9.63. The minimum absolute atomic E-state index is 0.164.